The Labute approximate surface area is 144 Å². The Balaban J connectivity index is 1.74. The van der Waals surface area contributed by atoms with Crippen molar-refractivity contribution in [1.29, 1.82) is 0 Å². The molecule has 0 aliphatic heterocycles. The standard InChI is InChI=1S/C17H16ClN3O3/c18-13-5-2-1-4-12(13)7-8-15(23)19-10-11-21-17(24)16-14(22)6-3-9-20-16/h1-9,22H,10-11H2,(H,19,23)(H,21,24). The molecule has 6 nitrogen and oxygen atoms in total. The predicted octanol–water partition coefficient (Wildman–Crippen LogP) is 2.00. The van der Waals surface area contributed by atoms with Crippen molar-refractivity contribution in [2.45, 2.75) is 0 Å². The average molecular weight is 346 g/mol. The van der Waals surface area contributed by atoms with Gasteiger partial charge in [-0.3, -0.25) is 9.59 Å². The maximum absolute atomic E-state index is 11.8. The van der Waals surface area contributed by atoms with Crippen LogP contribution in [0.4, 0.5) is 0 Å². The molecule has 7 heteroatoms. The average Bonchev–Trinajstić information content (AvgIpc) is 2.58. The molecule has 0 aliphatic carbocycles. The summed E-state index contributed by atoms with van der Waals surface area (Å²) in [4.78, 5) is 27.3. The van der Waals surface area contributed by atoms with Crippen molar-refractivity contribution in [3.8, 4) is 5.75 Å². The van der Waals surface area contributed by atoms with Gasteiger partial charge < -0.3 is 15.7 Å². The van der Waals surface area contributed by atoms with Crippen LogP contribution in [0.3, 0.4) is 0 Å². The van der Waals surface area contributed by atoms with E-state index in [9.17, 15) is 14.7 Å². The second kappa shape index (κ2) is 8.69. The predicted molar refractivity (Wildman–Crippen MR) is 91.7 cm³/mol. The highest BCUT2D eigenvalue weighted by atomic mass is 35.5. The summed E-state index contributed by atoms with van der Waals surface area (Å²) in [6.45, 7) is 0.450. The van der Waals surface area contributed by atoms with Gasteiger partial charge in [0.25, 0.3) is 5.91 Å². The molecule has 0 aliphatic rings. The molecular formula is C17H16ClN3O3. The lowest BCUT2D eigenvalue weighted by Gasteiger charge is -2.06. The molecule has 2 amide bonds. The summed E-state index contributed by atoms with van der Waals surface area (Å²) in [5.74, 6) is -1.000. The van der Waals surface area contributed by atoms with Crippen molar-refractivity contribution in [3.63, 3.8) is 0 Å². The van der Waals surface area contributed by atoms with E-state index in [1.54, 1.807) is 18.2 Å². The quantitative estimate of drug-likeness (QED) is 0.551. The number of rotatable bonds is 6. The molecule has 24 heavy (non-hydrogen) atoms. The summed E-state index contributed by atoms with van der Waals surface area (Å²) in [6.07, 6.45) is 4.39. The van der Waals surface area contributed by atoms with Gasteiger partial charge in [0, 0.05) is 30.4 Å². The number of nitrogens with one attached hydrogen (secondary N) is 2. The van der Waals surface area contributed by atoms with E-state index in [1.807, 2.05) is 12.1 Å². The van der Waals surface area contributed by atoms with Gasteiger partial charge in [0.2, 0.25) is 5.91 Å². The number of aromatic hydroxyl groups is 1. The van der Waals surface area contributed by atoms with E-state index in [0.717, 1.165) is 5.56 Å². The van der Waals surface area contributed by atoms with Crippen LogP contribution in [0.1, 0.15) is 16.1 Å². The molecule has 0 bridgehead atoms. The van der Waals surface area contributed by atoms with Crippen LogP contribution >= 0.6 is 11.6 Å². The van der Waals surface area contributed by atoms with E-state index in [0.29, 0.717) is 5.02 Å². The lowest BCUT2D eigenvalue weighted by molar-refractivity contribution is -0.116. The van der Waals surface area contributed by atoms with E-state index in [4.69, 9.17) is 11.6 Å². The largest absolute Gasteiger partial charge is 0.505 e. The summed E-state index contributed by atoms with van der Waals surface area (Å²) in [5, 5.41) is 15.3. The molecular weight excluding hydrogens is 330 g/mol. The van der Waals surface area contributed by atoms with Crippen LogP contribution in [0.5, 0.6) is 5.75 Å². The molecule has 0 saturated heterocycles. The number of aromatic nitrogens is 1. The summed E-state index contributed by atoms with van der Waals surface area (Å²) >= 11 is 5.98. The molecule has 1 aromatic carbocycles. The van der Waals surface area contributed by atoms with E-state index < -0.39 is 5.91 Å². The molecule has 2 aromatic rings. The van der Waals surface area contributed by atoms with Crippen LogP contribution in [0.25, 0.3) is 6.08 Å². The molecule has 1 heterocycles. The second-order valence-corrected chi connectivity index (χ2v) is 5.18. The number of nitrogens with zero attached hydrogens (tertiary/aromatic N) is 1. The van der Waals surface area contributed by atoms with Crippen LogP contribution in [0.2, 0.25) is 5.02 Å². The number of halogens is 1. The van der Waals surface area contributed by atoms with Gasteiger partial charge in [0.15, 0.2) is 5.69 Å². The fourth-order valence-corrected chi connectivity index (χ4v) is 2.05. The first kappa shape index (κ1) is 17.5. The highest BCUT2D eigenvalue weighted by Gasteiger charge is 2.10. The third-order valence-corrected chi connectivity index (χ3v) is 3.37. The summed E-state index contributed by atoms with van der Waals surface area (Å²) in [7, 11) is 0. The van der Waals surface area contributed by atoms with Crippen LogP contribution in [-0.4, -0.2) is 35.0 Å². The van der Waals surface area contributed by atoms with Crippen LogP contribution < -0.4 is 10.6 Å². The Hall–Kier alpha value is -2.86. The SMILES string of the molecule is O=C(C=Cc1ccccc1Cl)NCCNC(=O)c1ncccc1O. The first-order valence-electron chi connectivity index (χ1n) is 7.20. The molecule has 1 aromatic heterocycles. The molecule has 3 N–H and O–H groups in total. The van der Waals surface area contributed by atoms with Crippen molar-refractivity contribution in [2.24, 2.45) is 0 Å². The number of carbonyl (C=O) groups is 2. The summed E-state index contributed by atoms with van der Waals surface area (Å²) in [6, 6.07) is 10.1. The van der Waals surface area contributed by atoms with Gasteiger partial charge in [-0.15, -0.1) is 0 Å². The molecule has 2 rings (SSSR count). The van der Waals surface area contributed by atoms with Crippen molar-refractivity contribution in [3.05, 3.63) is 65.0 Å². The van der Waals surface area contributed by atoms with Crippen LogP contribution in [-0.2, 0) is 4.79 Å². The van der Waals surface area contributed by atoms with Gasteiger partial charge in [-0.05, 0) is 29.8 Å². The van der Waals surface area contributed by atoms with E-state index >= 15 is 0 Å². The zero-order valence-electron chi connectivity index (χ0n) is 12.7. The smallest absolute Gasteiger partial charge is 0.273 e. The van der Waals surface area contributed by atoms with Gasteiger partial charge in [-0.2, -0.15) is 0 Å². The van der Waals surface area contributed by atoms with Crippen molar-refractivity contribution in [1.82, 2.24) is 15.6 Å². The Bertz CT molecular complexity index is 762. The zero-order chi connectivity index (χ0) is 17.4. The van der Waals surface area contributed by atoms with Crippen molar-refractivity contribution < 1.29 is 14.7 Å². The number of hydrogen-bond donors (Lipinski definition) is 3. The molecule has 0 radical (unpaired) electrons. The van der Waals surface area contributed by atoms with Gasteiger partial charge in [-0.1, -0.05) is 29.8 Å². The normalized spacial score (nSPS) is 10.5. The van der Waals surface area contributed by atoms with Gasteiger partial charge in [0.1, 0.15) is 5.75 Å². The minimum atomic E-state index is -0.506. The molecule has 0 unspecified atom stereocenters. The number of benzene rings is 1. The molecule has 0 fully saturated rings. The van der Waals surface area contributed by atoms with Crippen LogP contribution in [0, 0.1) is 0 Å². The minimum Gasteiger partial charge on any atom is -0.505 e. The number of hydrogen-bond acceptors (Lipinski definition) is 4. The monoisotopic (exact) mass is 345 g/mol. The maximum Gasteiger partial charge on any atom is 0.273 e. The first-order valence-corrected chi connectivity index (χ1v) is 7.58. The summed E-state index contributed by atoms with van der Waals surface area (Å²) in [5.41, 5.74) is 0.690. The second-order valence-electron chi connectivity index (χ2n) is 4.77. The lowest BCUT2D eigenvalue weighted by atomic mass is 10.2. The maximum atomic E-state index is 11.8. The Morgan fingerprint density at radius 1 is 1.12 bits per heavy atom. The fourth-order valence-electron chi connectivity index (χ4n) is 1.85. The minimum absolute atomic E-state index is 0.0533. The molecule has 0 atom stereocenters. The highest BCUT2D eigenvalue weighted by Crippen LogP contribution is 2.16. The van der Waals surface area contributed by atoms with Crippen LogP contribution in [0.15, 0.2) is 48.7 Å². The first-order chi connectivity index (χ1) is 11.6. The highest BCUT2D eigenvalue weighted by molar-refractivity contribution is 6.32. The Morgan fingerprint density at radius 2 is 1.88 bits per heavy atom. The third-order valence-electron chi connectivity index (χ3n) is 3.03. The molecule has 124 valence electrons. The Kier molecular flexibility index (Phi) is 6.33. The van der Waals surface area contributed by atoms with Crippen molar-refractivity contribution in [2.75, 3.05) is 13.1 Å². The fraction of sp³-hybridized carbons (Fsp3) is 0.118. The number of carbonyl (C=O) groups excluding carboxylic acids is 2. The van der Waals surface area contributed by atoms with E-state index in [2.05, 4.69) is 15.6 Å². The number of amides is 2. The third kappa shape index (κ3) is 5.10. The van der Waals surface area contributed by atoms with E-state index in [-0.39, 0.29) is 30.4 Å². The number of pyridine rings is 1. The lowest BCUT2D eigenvalue weighted by Crippen LogP contribution is -2.34. The molecule has 0 spiro atoms. The summed E-state index contributed by atoms with van der Waals surface area (Å²) < 4.78 is 0. The van der Waals surface area contributed by atoms with Gasteiger partial charge in [-0.25, -0.2) is 4.98 Å². The van der Waals surface area contributed by atoms with E-state index in [1.165, 1.54) is 24.4 Å². The Morgan fingerprint density at radius 3 is 2.62 bits per heavy atom. The molecule has 0 saturated carbocycles. The van der Waals surface area contributed by atoms with Gasteiger partial charge >= 0.3 is 0 Å². The van der Waals surface area contributed by atoms with Crippen molar-refractivity contribution >= 4 is 29.5 Å². The topological polar surface area (TPSA) is 91.3 Å². The zero-order valence-corrected chi connectivity index (χ0v) is 13.5. The van der Waals surface area contributed by atoms with Gasteiger partial charge in [0.05, 0.1) is 0 Å².